The zero-order valence-corrected chi connectivity index (χ0v) is 18.2. The van der Waals surface area contributed by atoms with Crippen molar-refractivity contribution in [2.75, 3.05) is 44.7 Å². The molecule has 30 heavy (non-hydrogen) atoms. The Morgan fingerprint density at radius 2 is 1.73 bits per heavy atom. The van der Waals surface area contributed by atoms with Gasteiger partial charge in [0.15, 0.2) is 0 Å². The molecule has 2 N–H and O–H groups in total. The van der Waals surface area contributed by atoms with Crippen molar-refractivity contribution in [2.45, 2.75) is 45.2 Å². The molecule has 0 saturated carbocycles. The highest BCUT2D eigenvalue weighted by molar-refractivity contribution is 5.77. The van der Waals surface area contributed by atoms with Gasteiger partial charge < -0.3 is 20.2 Å². The molecule has 8 nitrogen and oxygen atoms in total. The van der Waals surface area contributed by atoms with Crippen LogP contribution in [-0.2, 0) is 14.4 Å². The number of carbonyl (C=O) groups is 3. The number of piperazine rings is 1. The molecule has 1 aromatic rings. The van der Waals surface area contributed by atoms with Gasteiger partial charge in [-0.25, -0.2) is 0 Å². The van der Waals surface area contributed by atoms with Crippen molar-refractivity contribution < 1.29 is 19.5 Å². The number of hydrogen-bond donors (Lipinski definition) is 2. The molecule has 0 spiro atoms. The molecule has 3 rings (SSSR count). The zero-order valence-electron chi connectivity index (χ0n) is 18.2. The Labute approximate surface area is 178 Å². The van der Waals surface area contributed by atoms with Crippen molar-refractivity contribution in [1.29, 1.82) is 0 Å². The molecule has 2 atom stereocenters. The summed E-state index contributed by atoms with van der Waals surface area (Å²) in [6.07, 6.45) is 2.64. The van der Waals surface area contributed by atoms with E-state index in [2.05, 4.69) is 53.4 Å². The van der Waals surface area contributed by atoms with E-state index in [1.54, 1.807) is 6.92 Å². The number of nitrogens with one attached hydrogen (secondary N) is 1. The van der Waals surface area contributed by atoms with Crippen LogP contribution in [0.25, 0.3) is 0 Å². The Hall–Kier alpha value is -2.61. The molecule has 2 amide bonds. The molecule has 0 radical (unpaired) electrons. The molecule has 2 aliphatic rings. The van der Waals surface area contributed by atoms with E-state index >= 15 is 0 Å². The van der Waals surface area contributed by atoms with E-state index in [-0.39, 0.29) is 24.3 Å². The number of carbonyl (C=O) groups excluding carboxylic acids is 2. The summed E-state index contributed by atoms with van der Waals surface area (Å²) < 4.78 is 0. The van der Waals surface area contributed by atoms with Crippen LogP contribution in [-0.4, -0.2) is 85.0 Å². The molecule has 2 saturated heterocycles. The van der Waals surface area contributed by atoms with Crippen LogP contribution in [0.2, 0.25) is 0 Å². The second-order valence-electron chi connectivity index (χ2n) is 7.95. The van der Waals surface area contributed by atoms with Crippen LogP contribution < -0.4 is 10.2 Å². The summed E-state index contributed by atoms with van der Waals surface area (Å²) in [5.74, 6) is 0.269. The van der Waals surface area contributed by atoms with Crippen LogP contribution in [0, 0.1) is 6.92 Å². The van der Waals surface area contributed by atoms with E-state index in [9.17, 15) is 9.59 Å². The number of likely N-dealkylation sites (tertiary alicyclic amines) is 1. The third-order valence-electron chi connectivity index (χ3n) is 6.07. The van der Waals surface area contributed by atoms with Crippen molar-refractivity contribution in [3.8, 4) is 0 Å². The topological polar surface area (TPSA) is 93.2 Å². The second kappa shape index (κ2) is 11.5. The van der Waals surface area contributed by atoms with Gasteiger partial charge in [0.05, 0.1) is 0 Å². The fourth-order valence-corrected chi connectivity index (χ4v) is 4.29. The summed E-state index contributed by atoms with van der Waals surface area (Å²) in [7, 11) is 2.08. The summed E-state index contributed by atoms with van der Waals surface area (Å²) in [6.45, 7) is 7.47. The van der Waals surface area contributed by atoms with Gasteiger partial charge >= 0.3 is 0 Å². The Morgan fingerprint density at radius 3 is 2.33 bits per heavy atom. The van der Waals surface area contributed by atoms with E-state index in [1.807, 2.05) is 4.90 Å². The lowest BCUT2D eigenvalue weighted by molar-refractivity contribution is -0.132. The van der Waals surface area contributed by atoms with Crippen LogP contribution >= 0.6 is 0 Å². The molecule has 0 unspecified atom stereocenters. The predicted octanol–water partition coefficient (Wildman–Crippen LogP) is 1.33. The average Bonchev–Trinajstić information content (AvgIpc) is 3.07. The van der Waals surface area contributed by atoms with Gasteiger partial charge in [-0.05, 0) is 38.4 Å². The van der Waals surface area contributed by atoms with E-state index in [0.717, 1.165) is 39.0 Å². The fourth-order valence-electron chi connectivity index (χ4n) is 4.29. The van der Waals surface area contributed by atoms with Gasteiger partial charge in [-0.3, -0.25) is 19.3 Å². The van der Waals surface area contributed by atoms with Crippen LogP contribution in [0.3, 0.4) is 0 Å². The summed E-state index contributed by atoms with van der Waals surface area (Å²) in [4.78, 5) is 39.0. The third-order valence-corrected chi connectivity index (χ3v) is 6.07. The number of rotatable bonds is 5. The minimum atomic E-state index is -0.250. The quantitative estimate of drug-likeness (QED) is 0.701. The third kappa shape index (κ3) is 6.45. The fraction of sp³-hybridized carbons (Fsp3) is 0.591. The van der Waals surface area contributed by atoms with E-state index in [1.165, 1.54) is 11.3 Å². The van der Waals surface area contributed by atoms with Gasteiger partial charge in [-0.1, -0.05) is 18.2 Å². The molecule has 2 fully saturated rings. The number of carboxylic acid groups (broad SMARTS) is 1. The monoisotopic (exact) mass is 418 g/mol. The SMILES string of the molecule is CC(=O)NC[C@H]1CC[C@@H](CC(=O)N2CCN(c3ccccc3C)CC2)N1C.O=CO. The minimum absolute atomic E-state index is 0.00875. The largest absolute Gasteiger partial charge is 0.483 e. The van der Waals surface area contributed by atoms with Crippen LogP contribution in [0.1, 0.15) is 31.7 Å². The van der Waals surface area contributed by atoms with Crippen molar-refractivity contribution in [3.63, 3.8) is 0 Å². The number of likely N-dealkylation sites (N-methyl/N-ethyl adjacent to an activating group) is 1. The maximum absolute atomic E-state index is 12.8. The van der Waals surface area contributed by atoms with E-state index in [0.29, 0.717) is 19.0 Å². The van der Waals surface area contributed by atoms with E-state index < -0.39 is 0 Å². The summed E-state index contributed by atoms with van der Waals surface area (Å²) in [6, 6.07) is 9.06. The molecule has 1 aromatic carbocycles. The summed E-state index contributed by atoms with van der Waals surface area (Å²) in [5.41, 5.74) is 2.57. The first-order valence-corrected chi connectivity index (χ1v) is 10.5. The maximum atomic E-state index is 12.8. The molecule has 0 aromatic heterocycles. The number of nitrogens with zero attached hydrogens (tertiary/aromatic N) is 3. The molecular weight excluding hydrogens is 384 g/mol. The molecule has 166 valence electrons. The minimum Gasteiger partial charge on any atom is -0.483 e. The molecule has 0 aliphatic carbocycles. The average molecular weight is 419 g/mol. The van der Waals surface area contributed by atoms with Crippen molar-refractivity contribution in [1.82, 2.24) is 15.1 Å². The highest BCUT2D eigenvalue weighted by atomic mass is 16.3. The predicted molar refractivity (Wildman–Crippen MR) is 117 cm³/mol. The Morgan fingerprint density at radius 1 is 1.13 bits per heavy atom. The number of para-hydroxylation sites is 1. The van der Waals surface area contributed by atoms with Crippen molar-refractivity contribution in [2.24, 2.45) is 0 Å². The highest BCUT2D eigenvalue weighted by Gasteiger charge is 2.33. The number of anilines is 1. The van der Waals surface area contributed by atoms with Crippen LogP contribution in [0.15, 0.2) is 24.3 Å². The van der Waals surface area contributed by atoms with E-state index in [4.69, 9.17) is 9.90 Å². The standard InChI is InChI=1S/C21H32N4O2.CH2O2/c1-16-6-4-5-7-20(16)24-10-12-25(13-11-24)21(27)14-18-8-9-19(23(18)3)15-22-17(2)26;2-1-3/h4-7,18-19H,8-15H2,1-3H3,(H,22,26);1H,(H,2,3)/t18-,19+;/m0./s1. The van der Waals surface area contributed by atoms with Gasteiger partial charge in [0.2, 0.25) is 11.8 Å². The van der Waals surface area contributed by atoms with Gasteiger partial charge in [-0.15, -0.1) is 0 Å². The first-order chi connectivity index (χ1) is 14.4. The summed E-state index contributed by atoms with van der Waals surface area (Å²) in [5, 5.41) is 9.79. The molecule has 0 bridgehead atoms. The molecule has 2 heterocycles. The van der Waals surface area contributed by atoms with Crippen LogP contribution in [0.5, 0.6) is 0 Å². The van der Waals surface area contributed by atoms with Crippen LogP contribution in [0.4, 0.5) is 5.69 Å². The van der Waals surface area contributed by atoms with Crippen molar-refractivity contribution >= 4 is 24.0 Å². The Bertz CT molecular complexity index is 719. The Kier molecular flexibility index (Phi) is 9.11. The zero-order chi connectivity index (χ0) is 22.1. The lowest BCUT2D eigenvalue weighted by atomic mass is 10.1. The smallest absolute Gasteiger partial charge is 0.290 e. The first kappa shape index (κ1) is 23.7. The molecule has 8 heteroatoms. The normalized spacial score (nSPS) is 21.6. The second-order valence-corrected chi connectivity index (χ2v) is 7.95. The maximum Gasteiger partial charge on any atom is 0.290 e. The van der Waals surface area contributed by atoms with Gasteiger partial charge in [-0.2, -0.15) is 0 Å². The first-order valence-electron chi connectivity index (χ1n) is 10.5. The molecule has 2 aliphatic heterocycles. The van der Waals surface area contributed by atoms with Gasteiger partial charge in [0, 0.05) is 63.8 Å². The number of amides is 2. The van der Waals surface area contributed by atoms with Gasteiger partial charge in [0.1, 0.15) is 0 Å². The number of benzene rings is 1. The van der Waals surface area contributed by atoms with Crippen molar-refractivity contribution in [3.05, 3.63) is 29.8 Å². The lowest BCUT2D eigenvalue weighted by Crippen LogP contribution is -2.50. The Balaban J connectivity index is 0.00000101. The number of aryl methyl sites for hydroxylation is 1. The van der Waals surface area contributed by atoms with Gasteiger partial charge in [0.25, 0.3) is 6.47 Å². The summed E-state index contributed by atoms with van der Waals surface area (Å²) >= 11 is 0. The lowest BCUT2D eigenvalue weighted by Gasteiger charge is -2.37. The highest BCUT2D eigenvalue weighted by Crippen LogP contribution is 2.26. The molecular formula is C22H34N4O4. The number of hydrogen-bond acceptors (Lipinski definition) is 5.